The Morgan fingerprint density at radius 1 is 1.33 bits per heavy atom. The van der Waals surface area contributed by atoms with Crippen molar-refractivity contribution in [2.24, 2.45) is 0 Å². The molecule has 0 spiro atoms. The fraction of sp³-hybridized carbons (Fsp3) is 0.750. The number of esters is 1. The Hall–Kier alpha value is -0.830. The topological polar surface area (TPSA) is 26.3 Å². The summed E-state index contributed by atoms with van der Waals surface area (Å²) in [5.74, 6) is -0.302. The summed E-state index contributed by atoms with van der Waals surface area (Å²) in [6.07, 6.45) is 0. The van der Waals surface area contributed by atoms with Gasteiger partial charge in [0.2, 0.25) is 0 Å². The molecule has 15 heavy (non-hydrogen) atoms. The molecule has 0 aliphatic rings. The molecule has 0 aromatic heterocycles. The zero-order valence-corrected chi connectivity index (χ0v) is 10.9. The molecule has 0 N–H and O–H groups in total. The molecule has 88 valence electrons. The van der Waals surface area contributed by atoms with E-state index in [0.29, 0.717) is 12.2 Å². The number of carbonyl (C=O) groups excluding carboxylic acids is 1. The number of carbonyl (C=O) groups is 1. The van der Waals surface area contributed by atoms with Gasteiger partial charge >= 0.3 is 5.97 Å². The summed E-state index contributed by atoms with van der Waals surface area (Å²) in [5, 5.41) is 0. The maximum absolute atomic E-state index is 11.1. The lowest BCUT2D eigenvalue weighted by molar-refractivity contribution is -0.935. The van der Waals surface area contributed by atoms with Gasteiger partial charge < -0.3 is 9.22 Å². The van der Waals surface area contributed by atoms with Gasteiger partial charge in [-0.25, -0.2) is 4.79 Å². The summed E-state index contributed by atoms with van der Waals surface area (Å²) < 4.78 is 5.90. The molecule has 0 unspecified atom stereocenters. The predicted molar refractivity (Wildman–Crippen MR) is 62.5 cm³/mol. The van der Waals surface area contributed by atoms with E-state index in [1.807, 2.05) is 0 Å². The first-order valence-electron chi connectivity index (χ1n) is 5.23. The zero-order valence-electron chi connectivity index (χ0n) is 10.9. The molecule has 0 atom stereocenters. The monoisotopic (exact) mass is 214 g/mol. The van der Waals surface area contributed by atoms with Crippen LogP contribution >= 0.6 is 0 Å². The largest absolute Gasteiger partial charge is 0.456 e. The van der Waals surface area contributed by atoms with Crippen LogP contribution in [0.25, 0.3) is 0 Å². The van der Waals surface area contributed by atoms with Crippen LogP contribution in [0.2, 0.25) is 0 Å². The smallest absolute Gasteiger partial charge is 0.333 e. The molecule has 0 rings (SSSR count). The van der Waals surface area contributed by atoms with E-state index in [-0.39, 0.29) is 11.5 Å². The van der Waals surface area contributed by atoms with Gasteiger partial charge in [0, 0.05) is 5.57 Å². The molecule has 0 aromatic rings. The minimum atomic E-state index is -0.302. The number of ether oxygens (including phenoxy) is 1. The fourth-order valence-corrected chi connectivity index (χ4v) is 0.825. The molecule has 3 nitrogen and oxygen atoms in total. The number of hydrogen-bond acceptors (Lipinski definition) is 2. The van der Waals surface area contributed by atoms with E-state index in [1.54, 1.807) is 6.92 Å². The minimum absolute atomic E-state index is 0.148. The highest BCUT2D eigenvalue weighted by atomic mass is 16.5. The normalized spacial score (nSPS) is 12.4. The van der Waals surface area contributed by atoms with E-state index in [0.717, 1.165) is 11.0 Å². The van der Waals surface area contributed by atoms with Crippen molar-refractivity contribution >= 4 is 5.97 Å². The first kappa shape index (κ1) is 14.2. The lowest BCUT2D eigenvalue weighted by atomic mass is 10.0. The molecule has 0 amide bonds. The van der Waals surface area contributed by atoms with Gasteiger partial charge in [0.05, 0.1) is 19.6 Å². The second-order valence-corrected chi connectivity index (χ2v) is 5.50. The third kappa shape index (κ3) is 4.47. The van der Waals surface area contributed by atoms with E-state index in [4.69, 9.17) is 4.74 Å². The van der Waals surface area contributed by atoms with Crippen molar-refractivity contribution in [1.82, 2.24) is 0 Å². The Balaban J connectivity index is 4.07. The third-order valence-corrected chi connectivity index (χ3v) is 3.05. The van der Waals surface area contributed by atoms with Gasteiger partial charge in [-0.05, 0) is 27.7 Å². The van der Waals surface area contributed by atoms with Crippen LogP contribution in [0.15, 0.2) is 12.2 Å². The molecular weight excluding hydrogens is 190 g/mol. The number of hydrogen-bond donors (Lipinski definition) is 0. The van der Waals surface area contributed by atoms with Crippen LogP contribution in [0.3, 0.4) is 0 Å². The Bertz CT molecular complexity index is 249. The predicted octanol–water partition coefficient (Wildman–Crippen LogP) is 1.98. The van der Waals surface area contributed by atoms with Gasteiger partial charge in [-0.15, -0.1) is 0 Å². The van der Waals surface area contributed by atoms with Gasteiger partial charge in [-0.3, -0.25) is 0 Å². The van der Waals surface area contributed by atoms with Crippen molar-refractivity contribution in [2.75, 3.05) is 27.2 Å². The number of rotatable bonds is 4. The molecule has 0 saturated carbocycles. The summed E-state index contributed by atoms with van der Waals surface area (Å²) in [4.78, 5) is 11.1. The summed E-state index contributed by atoms with van der Waals surface area (Å²) in [7, 11) is 4.27. The van der Waals surface area contributed by atoms with Crippen molar-refractivity contribution in [3.63, 3.8) is 0 Å². The van der Waals surface area contributed by atoms with E-state index in [1.165, 1.54) is 0 Å². The van der Waals surface area contributed by atoms with E-state index in [9.17, 15) is 4.79 Å². The van der Waals surface area contributed by atoms with Gasteiger partial charge in [-0.1, -0.05) is 6.58 Å². The number of likely N-dealkylation sites (N-methyl/N-ethyl adjacent to an activating group) is 1. The average Bonchev–Trinajstić information content (AvgIpc) is 2.01. The Kier molecular flexibility index (Phi) is 4.53. The molecule has 0 bridgehead atoms. The zero-order chi connectivity index (χ0) is 12.3. The molecule has 0 radical (unpaired) electrons. The molecule has 0 heterocycles. The highest BCUT2D eigenvalue weighted by Crippen LogP contribution is 2.18. The minimum Gasteiger partial charge on any atom is -0.456 e. The molecular formula is C12H24NO2+. The second-order valence-electron chi connectivity index (χ2n) is 5.50. The lowest BCUT2D eigenvalue weighted by Gasteiger charge is -2.42. The summed E-state index contributed by atoms with van der Waals surface area (Å²) in [6, 6.07) is 0. The highest BCUT2D eigenvalue weighted by molar-refractivity contribution is 5.86. The quantitative estimate of drug-likeness (QED) is 0.406. The third-order valence-electron chi connectivity index (χ3n) is 3.05. The van der Waals surface area contributed by atoms with Crippen LogP contribution in [0.5, 0.6) is 0 Å². The van der Waals surface area contributed by atoms with Crippen molar-refractivity contribution in [1.29, 1.82) is 0 Å². The van der Waals surface area contributed by atoms with Crippen LogP contribution < -0.4 is 0 Å². The number of quaternary nitrogens is 1. The van der Waals surface area contributed by atoms with Crippen LogP contribution in [0.4, 0.5) is 0 Å². The van der Waals surface area contributed by atoms with Gasteiger partial charge in [0.25, 0.3) is 0 Å². The molecule has 0 aliphatic carbocycles. The van der Waals surface area contributed by atoms with Crippen LogP contribution in [-0.2, 0) is 9.53 Å². The molecule has 0 aliphatic heterocycles. The molecule has 0 aromatic carbocycles. The summed E-state index contributed by atoms with van der Waals surface area (Å²) >= 11 is 0. The first-order valence-corrected chi connectivity index (χ1v) is 5.23. The van der Waals surface area contributed by atoms with Gasteiger partial charge in [0.15, 0.2) is 0 Å². The van der Waals surface area contributed by atoms with Gasteiger partial charge in [-0.2, -0.15) is 0 Å². The second kappa shape index (κ2) is 4.79. The number of nitrogens with zero attached hydrogens (tertiary/aromatic N) is 1. The van der Waals surface area contributed by atoms with Crippen molar-refractivity contribution in [3.05, 3.63) is 12.2 Å². The van der Waals surface area contributed by atoms with Crippen molar-refractivity contribution < 1.29 is 14.0 Å². The lowest BCUT2D eigenvalue weighted by Crippen LogP contribution is -2.55. The van der Waals surface area contributed by atoms with Gasteiger partial charge in [0.1, 0.15) is 13.2 Å². The van der Waals surface area contributed by atoms with Crippen LogP contribution in [0, 0.1) is 0 Å². The van der Waals surface area contributed by atoms with Crippen molar-refractivity contribution in [3.8, 4) is 0 Å². The van der Waals surface area contributed by atoms with E-state index < -0.39 is 0 Å². The van der Waals surface area contributed by atoms with Crippen molar-refractivity contribution in [2.45, 2.75) is 33.2 Å². The Morgan fingerprint density at radius 2 is 1.80 bits per heavy atom. The SMILES string of the molecule is C=C(C)C(=O)OCC[N+](C)(C)C(C)(C)C. The van der Waals surface area contributed by atoms with Crippen LogP contribution in [-0.4, -0.2) is 43.2 Å². The maximum atomic E-state index is 11.1. The average molecular weight is 214 g/mol. The fourth-order valence-electron chi connectivity index (χ4n) is 0.825. The van der Waals surface area contributed by atoms with E-state index >= 15 is 0 Å². The maximum Gasteiger partial charge on any atom is 0.333 e. The standard InChI is InChI=1S/C12H24NO2/c1-10(2)11(14)15-9-8-13(6,7)12(3,4)5/h1,8-9H2,2-7H3/q+1. The Labute approximate surface area is 93.3 Å². The highest BCUT2D eigenvalue weighted by Gasteiger charge is 2.31. The molecule has 0 fully saturated rings. The molecule has 0 saturated heterocycles. The van der Waals surface area contributed by atoms with Crippen LogP contribution in [0.1, 0.15) is 27.7 Å². The first-order chi connectivity index (χ1) is 6.58. The molecule has 3 heteroatoms. The summed E-state index contributed by atoms with van der Waals surface area (Å²) in [5.41, 5.74) is 0.603. The summed E-state index contributed by atoms with van der Waals surface area (Å²) in [6.45, 7) is 13.0. The van der Waals surface area contributed by atoms with E-state index in [2.05, 4.69) is 41.4 Å². The Morgan fingerprint density at radius 3 is 2.13 bits per heavy atom.